The molecule has 3 amide bonds. The summed E-state index contributed by atoms with van der Waals surface area (Å²) in [7, 11) is 0. The highest BCUT2D eigenvalue weighted by molar-refractivity contribution is 5.89. The number of aromatic nitrogens is 4. The number of nitrogens with two attached hydrogens (primary N) is 2. The molecule has 12 nitrogen and oxygen atoms in total. The van der Waals surface area contributed by atoms with E-state index in [1.165, 1.54) is 0 Å². The lowest BCUT2D eigenvalue weighted by Crippen LogP contribution is -2.56. The molecular formula is C31H33N7O5. The number of rotatable bonds is 8. The van der Waals surface area contributed by atoms with Gasteiger partial charge < -0.3 is 35.8 Å². The van der Waals surface area contributed by atoms with Gasteiger partial charge in [-0.1, -0.05) is 48.5 Å². The van der Waals surface area contributed by atoms with E-state index in [-0.39, 0.29) is 17.8 Å². The molecule has 0 radical (unpaired) electrons. The van der Waals surface area contributed by atoms with E-state index in [0.717, 1.165) is 53.6 Å². The predicted octanol–water partition coefficient (Wildman–Crippen LogP) is 4.69. The first-order valence-electron chi connectivity index (χ1n) is 14.2. The third kappa shape index (κ3) is 5.31. The Morgan fingerprint density at radius 1 is 0.884 bits per heavy atom. The molecule has 2 atom stereocenters. The van der Waals surface area contributed by atoms with Gasteiger partial charge >= 0.3 is 18.2 Å². The van der Waals surface area contributed by atoms with E-state index >= 15 is 0 Å². The number of carbonyl (C=O) groups is 3. The van der Waals surface area contributed by atoms with Crippen LogP contribution in [0.2, 0.25) is 0 Å². The van der Waals surface area contributed by atoms with E-state index in [1.807, 2.05) is 55.5 Å². The van der Waals surface area contributed by atoms with E-state index in [1.54, 1.807) is 24.2 Å². The first-order chi connectivity index (χ1) is 20.6. The highest BCUT2D eigenvalue weighted by atomic mass is 16.6. The molecule has 43 heavy (non-hydrogen) atoms. The number of H-pyrrole nitrogens is 2. The Bertz CT molecular complexity index is 1670. The molecule has 6 rings (SSSR count). The van der Waals surface area contributed by atoms with Gasteiger partial charge in [-0.25, -0.2) is 19.6 Å². The predicted molar refractivity (Wildman–Crippen MR) is 157 cm³/mol. The molecule has 1 aliphatic heterocycles. The van der Waals surface area contributed by atoms with Gasteiger partial charge in [-0.3, -0.25) is 4.79 Å². The summed E-state index contributed by atoms with van der Waals surface area (Å²) < 4.78 is 10.2. The fourth-order valence-electron chi connectivity index (χ4n) is 5.97. The lowest BCUT2D eigenvalue weighted by molar-refractivity contribution is -0.156. The number of nitrogens with zero attached hydrogens (tertiary/aromatic N) is 3. The van der Waals surface area contributed by atoms with Crippen LogP contribution in [0.15, 0.2) is 60.9 Å². The first kappa shape index (κ1) is 28.0. The number of benzene rings is 2. The van der Waals surface area contributed by atoms with Crippen molar-refractivity contribution < 1.29 is 23.9 Å². The van der Waals surface area contributed by atoms with Crippen LogP contribution in [0, 0.1) is 5.92 Å². The van der Waals surface area contributed by atoms with Gasteiger partial charge in [-0.05, 0) is 61.8 Å². The van der Waals surface area contributed by atoms with E-state index in [4.69, 9.17) is 25.9 Å². The molecule has 2 aromatic heterocycles. The van der Waals surface area contributed by atoms with Crippen molar-refractivity contribution in [1.29, 1.82) is 0 Å². The van der Waals surface area contributed by atoms with Crippen LogP contribution in [0.4, 0.5) is 9.59 Å². The summed E-state index contributed by atoms with van der Waals surface area (Å²) in [4.78, 5) is 53.2. The van der Waals surface area contributed by atoms with Crippen LogP contribution in [-0.4, -0.2) is 55.1 Å². The molecule has 1 saturated heterocycles. The molecule has 4 aromatic rings. The summed E-state index contributed by atoms with van der Waals surface area (Å²) in [5.74, 6) is 0.433. The fraction of sp³-hybridized carbons (Fsp3) is 0.323. The van der Waals surface area contributed by atoms with Crippen molar-refractivity contribution in [1.82, 2.24) is 24.8 Å². The second-order valence-corrected chi connectivity index (χ2v) is 11.5. The largest absolute Gasteiger partial charge is 0.433 e. The van der Waals surface area contributed by atoms with Gasteiger partial charge in [0.05, 0.1) is 29.3 Å². The quantitative estimate of drug-likeness (QED) is 0.232. The summed E-state index contributed by atoms with van der Waals surface area (Å²) in [6, 6.07) is 16.1. The average Bonchev–Trinajstić information content (AvgIpc) is 3.35. The Morgan fingerprint density at radius 3 is 2.00 bits per heavy atom. The fourth-order valence-corrected chi connectivity index (χ4v) is 5.97. The maximum atomic E-state index is 13.8. The summed E-state index contributed by atoms with van der Waals surface area (Å²) in [6.07, 6.45) is 4.68. The van der Waals surface area contributed by atoms with E-state index in [0.29, 0.717) is 18.1 Å². The molecule has 1 aliphatic carbocycles. The Balaban J connectivity index is 1.18. The zero-order chi connectivity index (χ0) is 30.4. The Hall–Kier alpha value is -5.13. The second kappa shape index (κ2) is 10.6. The van der Waals surface area contributed by atoms with E-state index in [9.17, 15) is 14.4 Å². The highest BCUT2D eigenvalue weighted by Crippen LogP contribution is 2.46. The SMILES string of the molecule is CC1(c2ncc(-c3ccc(-c4ccc(-c5cnc(OC(N)=O)[nH]5)cc4)cc3)[nH]2)CCCN1C(=O)[C@@](C)(OC(N)=O)C1CC1. The normalized spacial score (nSPS) is 19.5. The highest BCUT2D eigenvalue weighted by Gasteiger charge is 2.56. The third-order valence-electron chi connectivity index (χ3n) is 8.54. The van der Waals surface area contributed by atoms with Crippen LogP contribution in [0.3, 0.4) is 0 Å². The lowest BCUT2D eigenvalue weighted by Gasteiger charge is -2.39. The van der Waals surface area contributed by atoms with Gasteiger partial charge in [0.1, 0.15) is 5.82 Å². The van der Waals surface area contributed by atoms with Crippen molar-refractivity contribution in [2.24, 2.45) is 17.4 Å². The van der Waals surface area contributed by atoms with Crippen molar-refractivity contribution in [3.8, 4) is 39.7 Å². The number of amides is 3. The van der Waals surface area contributed by atoms with Crippen LogP contribution in [-0.2, 0) is 15.1 Å². The molecule has 0 spiro atoms. The number of imidazole rings is 2. The van der Waals surface area contributed by atoms with Gasteiger partial charge in [0.2, 0.25) is 0 Å². The van der Waals surface area contributed by atoms with Gasteiger partial charge in [0.25, 0.3) is 5.91 Å². The molecule has 2 fully saturated rings. The molecule has 0 bridgehead atoms. The topological polar surface area (TPSA) is 182 Å². The van der Waals surface area contributed by atoms with Crippen LogP contribution in [0.1, 0.15) is 45.4 Å². The smallest absolute Gasteiger partial charge is 0.412 e. The summed E-state index contributed by atoms with van der Waals surface area (Å²) in [5, 5.41) is 0. The summed E-state index contributed by atoms with van der Waals surface area (Å²) >= 11 is 0. The number of carbonyl (C=O) groups excluding carboxylic acids is 3. The summed E-state index contributed by atoms with van der Waals surface area (Å²) in [5.41, 5.74) is 13.9. The van der Waals surface area contributed by atoms with E-state index in [2.05, 4.69) is 15.0 Å². The number of hydrogen-bond acceptors (Lipinski definition) is 7. The monoisotopic (exact) mass is 583 g/mol. The standard InChI is InChI=1S/C31H33N7O5/c1-30(14-3-15-38(30)26(39)31(2,22-12-13-22)43-28(33)41)25-34-16-23(36-25)20-8-4-18(5-9-20)19-6-10-21(11-7-19)24-17-35-29(37-24)42-27(32)40/h4-11,16-17,22H,3,12-15H2,1-2H3,(H2,32,40)(H2,33,41)(H,34,36)(H,35,37)/t30?,31-/m0/s1. The molecule has 6 N–H and O–H groups in total. The van der Waals surface area contributed by atoms with Crippen molar-refractivity contribution in [2.45, 2.75) is 50.7 Å². The molecule has 1 unspecified atom stereocenters. The number of hydrogen-bond donors (Lipinski definition) is 4. The van der Waals surface area contributed by atoms with Gasteiger partial charge in [-0.15, -0.1) is 0 Å². The molecule has 3 heterocycles. The van der Waals surface area contributed by atoms with Crippen LogP contribution >= 0.6 is 0 Å². The molecule has 222 valence electrons. The van der Waals surface area contributed by atoms with Crippen LogP contribution in [0.5, 0.6) is 6.01 Å². The number of likely N-dealkylation sites (tertiary alicyclic amines) is 1. The van der Waals surface area contributed by atoms with Gasteiger partial charge in [-0.2, -0.15) is 0 Å². The zero-order valence-corrected chi connectivity index (χ0v) is 23.9. The average molecular weight is 584 g/mol. The van der Waals surface area contributed by atoms with Gasteiger partial charge in [0, 0.05) is 12.5 Å². The minimum Gasteiger partial charge on any atom is -0.433 e. The Kier molecular flexibility index (Phi) is 6.91. The minimum absolute atomic E-state index is 0.0274. The van der Waals surface area contributed by atoms with Crippen molar-refractivity contribution in [3.63, 3.8) is 0 Å². The van der Waals surface area contributed by atoms with Crippen molar-refractivity contribution in [3.05, 3.63) is 66.7 Å². The summed E-state index contributed by atoms with van der Waals surface area (Å²) in [6.45, 7) is 4.22. The molecule has 2 aliphatic rings. The Labute approximate surface area is 247 Å². The number of aromatic amines is 2. The van der Waals surface area contributed by atoms with Crippen LogP contribution in [0.25, 0.3) is 33.6 Å². The minimum atomic E-state index is -1.28. The zero-order valence-electron chi connectivity index (χ0n) is 23.9. The molecule has 2 aromatic carbocycles. The number of primary amides is 2. The second-order valence-electron chi connectivity index (χ2n) is 11.5. The number of nitrogens with one attached hydrogen (secondary N) is 2. The lowest BCUT2D eigenvalue weighted by atomic mass is 9.93. The third-order valence-corrected chi connectivity index (χ3v) is 8.54. The molecular weight excluding hydrogens is 550 g/mol. The Morgan fingerprint density at radius 2 is 1.44 bits per heavy atom. The van der Waals surface area contributed by atoms with Gasteiger partial charge in [0.15, 0.2) is 5.60 Å². The maximum absolute atomic E-state index is 13.8. The van der Waals surface area contributed by atoms with Crippen molar-refractivity contribution in [2.75, 3.05) is 6.54 Å². The first-order valence-corrected chi connectivity index (χ1v) is 14.2. The van der Waals surface area contributed by atoms with Crippen molar-refractivity contribution >= 4 is 18.1 Å². The molecule has 12 heteroatoms. The van der Waals surface area contributed by atoms with Crippen LogP contribution < -0.4 is 16.2 Å². The maximum Gasteiger partial charge on any atom is 0.412 e. The number of ether oxygens (including phenoxy) is 2. The molecule has 1 saturated carbocycles. The van der Waals surface area contributed by atoms with E-state index < -0.39 is 23.3 Å².